The van der Waals surface area contributed by atoms with Crippen LogP contribution in [0.5, 0.6) is 0 Å². The smallest absolute Gasteiger partial charge is 0.153 e. The van der Waals surface area contributed by atoms with Gasteiger partial charge < -0.3 is 9.40 Å². The van der Waals surface area contributed by atoms with Crippen molar-refractivity contribution < 1.29 is 4.42 Å². The Morgan fingerprint density at radius 1 is 0.852 bits per heavy atom. The van der Waals surface area contributed by atoms with Gasteiger partial charge in [-0.2, -0.15) is 0 Å². The third-order valence-electron chi connectivity index (χ3n) is 4.66. The summed E-state index contributed by atoms with van der Waals surface area (Å²) in [6, 6.07) is 14.0. The molecule has 0 spiro atoms. The topological polar surface area (TPSA) is 67.6 Å². The van der Waals surface area contributed by atoms with E-state index in [1.807, 2.05) is 54.2 Å². The van der Waals surface area contributed by atoms with Crippen LogP contribution in [0.1, 0.15) is 0 Å². The molecule has 0 aliphatic carbocycles. The number of hydrogen-bond acceptors (Lipinski definition) is 5. The number of hydrogen-bond donors (Lipinski definition) is 1. The molecular formula is C21H12N4OS. The van der Waals surface area contributed by atoms with Crippen molar-refractivity contribution in [1.29, 1.82) is 0 Å². The van der Waals surface area contributed by atoms with Crippen molar-refractivity contribution in [3.63, 3.8) is 0 Å². The standard InChI is InChI=1S/C21H12N4OS/c1-2-14-17(22-4-1)8-16(25-14)12-6-20-18(24-10-12)9-19(26-20)13-7-21-15(23-11-13)3-5-27-21/h1-11,25H. The zero-order chi connectivity index (χ0) is 17.8. The summed E-state index contributed by atoms with van der Waals surface area (Å²) in [5, 5.41) is 2.04. The number of thiophene rings is 1. The highest BCUT2D eigenvalue weighted by Crippen LogP contribution is 2.32. The lowest BCUT2D eigenvalue weighted by Crippen LogP contribution is -1.79. The highest BCUT2D eigenvalue weighted by molar-refractivity contribution is 7.17. The van der Waals surface area contributed by atoms with Crippen LogP contribution in [0, 0.1) is 0 Å². The lowest BCUT2D eigenvalue weighted by molar-refractivity contribution is 0.631. The zero-order valence-electron chi connectivity index (χ0n) is 14.0. The molecule has 6 aromatic rings. The molecule has 0 saturated heterocycles. The molecule has 6 aromatic heterocycles. The zero-order valence-corrected chi connectivity index (χ0v) is 14.8. The maximum absolute atomic E-state index is 6.09. The fraction of sp³-hybridized carbons (Fsp3) is 0. The van der Waals surface area contributed by atoms with Gasteiger partial charge in [0.2, 0.25) is 0 Å². The molecule has 0 bridgehead atoms. The van der Waals surface area contributed by atoms with E-state index in [9.17, 15) is 0 Å². The molecule has 0 unspecified atom stereocenters. The van der Waals surface area contributed by atoms with E-state index < -0.39 is 0 Å². The van der Waals surface area contributed by atoms with Gasteiger partial charge in [-0.25, -0.2) is 0 Å². The number of fused-ring (bicyclic) bond motifs is 3. The molecule has 6 rings (SSSR count). The van der Waals surface area contributed by atoms with Crippen molar-refractivity contribution in [3.05, 3.63) is 66.4 Å². The highest BCUT2D eigenvalue weighted by Gasteiger charge is 2.11. The van der Waals surface area contributed by atoms with Gasteiger partial charge in [-0.3, -0.25) is 15.0 Å². The van der Waals surface area contributed by atoms with Crippen LogP contribution in [0.3, 0.4) is 0 Å². The maximum atomic E-state index is 6.09. The van der Waals surface area contributed by atoms with Crippen molar-refractivity contribution in [1.82, 2.24) is 19.9 Å². The molecule has 1 N–H and O–H groups in total. The Bertz CT molecular complexity index is 1410. The van der Waals surface area contributed by atoms with Gasteiger partial charge in [-0.05, 0) is 41.8 Å². The summed E-state index contributed by atoms with van der Waals surface area (Å²) in [5.41, 5.74) is 7.42. The fourth-order valence-corrected chi connectivity index (χ4v) is 4.08. The number of pyridine rings is 3. The monoisotopic (exact) mass is 368 g/mol. The van der Waals surface area contributed by atoms with Crippen LogP contribution in [0.15, 0.2) is 70.9 Å². The Kier molecular flexibility index (Phi) is 2.98. The largest absolute Gasteiger partial charge is 0.454 e. The van der Waals surface area contributed by atoms with Crippen molar-refractivity contribution >= 4 is 43.7 Å². The van der Waals surface area contributed by atoms with E-state index in [1.165, 1.54) is 0 Å². The lowest BCUT2D eigenvalue weighted by Gasteiger charge is -1.97. The minimum Gasteiger partial charge on any atom is -0.454 e. The minimum atomic E-state index is 0.750. The minimum absolute atomic E-state index is 0.750. The molecule has 6 heteroatoms. The molecule has 0 saturated carbocycles. The van der Waals surface area contributed by atoms with Gasteiger partial charge in [0.15, 0.2) is 5.58 Å². The van der Waals surface area contributed by atoms with Gasteiger partial charge >= 0.3 is 0 Å². The quantitative estimate of drug-likeness (QED) is 0.429. The van der Waals surface area contributed by atoms with Crippen LogP contribution >= 0.6 is 11.3 Å². The van der Waals surface area contributed by atoms with E-state index in [4.69, 9.17) is 4.42 Å². The number of aromatic nitrogens is 4. The number of H-pyrrole nitrogens is 1. The summed E-state index contributed by atoms with van der Waals surface area (Å²) < 4.78 is 7.23. The number of rotatable bonds is 2. The van der Waals surface area contributed by atoms with Crippen LogP contribution in [0.4, 0.5) is 0 Å². The second-order valence-corrected chi connectivity index (χ2v) is 7.31. The van der Waals surface area contributed by atoms with Crippen LogP contribution in [-0.4, -0.2) is 19.9 Å². The number of aromatic amines is 1. The van der Waals surface area contributed by atoms with Gasteiger partial charge in [0.05, 0.1) is 21.3 Å². The molecule has 0 radical (unpaired) electrons. The molecule has 0 amide bonds. The molecule has 0 fully saturated rings. The average Bonchev–Trinajstić information content (AvgIpc) is 3.42. The van der Waals surface area contributed by atoms with E-state index in [2.05, 4.69) is 26.0 Å². The third-order valence-corrected chi connectivity index (χ3v) is 5.51. The summed E-state index contributed by atoms with van der Waals surface area (Å²) in [7, 11) is 0. The summed E-state index contributed by atoms with van der Waals surface area (Å²) in [6.45, 7) is 0. The van der Waals surface area contributed by atoms with E-state index in [0.717, 1.165) is 54.9 Å². The Morgan fingerprint density at radius 3 is 2.74 bits per heavy atom. The Balaban J connectivity index is 1.46. The fourth-order valence-electron chi connectivity index (χ4n) is 3.30. The Labute approximate surface area is 157 Å². The molecular weight excluding hydrogens is 356 g/mol. The summed E-state index contributed by atoms with van der Waals surface area (Å²) in [6.07, 6.45) is 5.49. The summed E-state index contributed by atoms with van der Waals surface area (Å²) in [4.78, 5) is 16.8. The number of nitrogens with zero attached hydrogens (tertiary/aromatic N) is 3. The van der Waals surface area contributed by atoms with Crippen LogP contribution in [0.2, 0.25) is 0 Å². The third kappa shape index (κ3) is 2.34. The number of nitrogens with one attached hydrogen (secondary N) is 1. The first-order chi connectivity index (χ1) is 13.3. The van der Waals surface area contributed by atoms with Crippen molar-refractivity contribution in [2.45, 2.75) is 0 Å². The van der Waals surface area contributed by atoms with Gasteiger partial charge in [-0.15, -0.1) is 11.3 Å². The van der Waals surface area contributed by atoms with Crippen molar-refractivity contribution in [3.8, 4) is 22.6 Å². The van der Waals surface area contributed by atoms with Gasteiger partial charge in [-0.1, -0.05) is 0 Å². The van der Waals surface area contributed by atoms with Crippen molar-refractivity contribution in [2.75, 3.05) is 0 Å². The molecule has 0 aliphatic rings. The SMILES string of the molecule is c1cnc2cc(-c3cnc4cc(-c5cnc6ccsc6c5)oc4c3)[nH]c2c1. The summed E-state index contributed by atoms with van der Waals surface area (Å²) >= 11 is 1.67. The molecule has 0 aromatic carbocycles. The first-order valence-corrected chi connectivity index (χ1v) is 9.39. The van der Waals surface area contributed by atoms with Crippen LogP contribution in [-0.2, 0) is 0 Å². The Morgan fingerprint density at radius 2 is 1.78 bits per heavy atom. The molecule has 27 heavy (non-hydrogen) atoms. The van der Waals surface area contributed by atoms with Crippen molar-refractivity contribution in [2.24, 2.45) is 0 Å². The van der Waals surface area contributed by atoms with E-state index >= 15 is 0 Å². The molecule has 6 heterocycles. The van der Waals surface area contributed by atoms with E-state index in [-0.39, 0.29) is 0 Å². The van der Waals surface area contributed by atoms with E-state index in [0.29, 0.717) is 0 Å². The predicted octanol–water partition coefficient (Wildman–Crippen LogP) is 5.65. The Hall–Kier alpha value is -3.51. The maximum Gasteiger partial charge on any atom is 0.153 e. The first kappa shape index (κ1) is 14.6. The number of furan rings is 1. The normalized spacial score (nSPS) is 11.7. The molecule has 5 nitrogen and oxygen atoms in total. The summed E-state index contributed by atoms with van der Waals surface area (Å²) in [5.74, 6) is 0.774. The van der Waals surface area contributed by atoms with Crippen LogP contribution < -0.4 is 0 Å². The van der Waals surface area contributed by atoms with Gasteiger partial charge in [0.1, 0.15) is 11.3 Å². The second-order valence-electron chi connectivity index (χ2n) is 6.37. The first-order valence-electron chi connectivity index (χ1n) is 8.51. The van der Waals surface area contributed by atoms with Gasteiger partial charge in [0.25, 0.3) is 0 Å². The molecule has 128 valence electrons. The molecule has 0 atom stereocenters. The predicted molar refractivity (Wildman–Crippen MR) is 108 cm³/mol. The highest BCUT2D eigenvalue weighted by atomic mass is 32.1. The van der Waals surface area contributed by atoms with E-state index in [1.54, 1.807) is 17.5 Å². The average molecular weight is 368 g/mol. The second kappa shape index (κ2) is 5.49. The molecule has 0 aliphatic heterocycles. The van der Waals surface area contributed by atoms with Gasteiger partial charge in [0, 0.05) is 41.5 Å². The van der Waals surface area contributed by atoms with Crippen LogP contribution in [0.25, 0.3) is 54.9 Å². The lowest BCUT2D eigenvalue weighted by atomic mass is 10.2.